The Morgan fingerprint density at radius 1 is 1.23 bits per heavy atom. The molecular weight excluding hydrogens is 404 g/mol. The van der Waals surface area contributed by atoms with E-state index in [9.17, 15) is 24.5 Å². The zero-order valence-corrected chi connectivity index (χ0v) is 18.6. The molecule has 1 atom stereocenters. The van der Waals surface area contributed by atoms with Crippen molar-refractivity contribution in [3.63, 3.8) is 0 Å². The van der Waals surface area contributed by atoms with Crippen LogP contribution in [0.4, 0.5) is 16.2 Å². The van der Waals surface area contributed by atoms with Crippen LogP contribution in [-0.2, 0) is 9.53 Å². The van der Waals surface area contributed by atoms with Gasteiger partial charge in [-0.15, -0.1) is 0 Å². The van der Waals surface area contributed by atoms with Gasteiger partial charge in [0, 0.05) is 24.7 Å². The number of carbonyl (C=O) groups is 3. The Morgan fingerprint density at radius 3 is 2.39 bits per heavy atom. The molecule has 1 saturated heterocycles. The van der Waals surface area contributed by atoms with Crippen molar-refractivity contribution in [2.45, 2.75) is 59.1 Å². The molecule has 1 heterocycles. The molecule has 1 aliphatic heterocycles. The number of amides is 3. The van der Waals surface area contributed by atoms with E-state index in [1.54, 1.807) is 20.8 Å². The van der Waals surface area contributed by atoms with Crippen molar-refractivity contribution in [1.82, 2.24) is 10.6 Å². The lowest BCUT2D eigenvalue weighted by atomic mass is 9.98. The molecule has 1 aliphatic rings. The molecule has 2 N–H and O–H groups in total. The topological polar surface area (TPSA) is 131 Å². The van der Waals surface area contributed by atoms with Crippen LogP contribution in [0, 0.1) is 16.0 Å². The van der Waals surface area contributed by atoms with Crippen LogP contribution < -0.4 is 15.5 Å². The van der Waals surface area contributed by atoms with Gasteiger partial charge in [0.15, 0.2) is 6.10 Å². The van der Waals surface area contributed by atoms with E-state index < -0.39 is 34.5 Å². The summed E-state index contributed by atoms with van der Waals surface area (Å²) in [5, 5.41) is 16.2. The molecule has 31 heavy (non-hydrogen) atoms. The molecule has 1 unspecified atom stereocenters. The van der Waals surface area contributed by atoms with Gasteiger partial charge >= 0.3 is 12.0 Å². The molecule has 1 fully saturated rings. The van der Waals surface area contributed by atoms with Gasteiger partial charge in [-0.2, -0.15) is 0 Å². The molecule has 0 aromatic heterocycles. The van der Waals surface area contributed by atoms with Crippen molar-refractivity contribution in [2.24, 2.45) is 5.92 Å². The minimum absolute atomic E-state index is 0.0420. The lowest BCUT2D eigenvalue weighted by molar-refractivity contribution is -0.384. The number of nitrogens with one attached hydrogen (secondary N) is 2. The predicted molar refractivity (Wildman–Crippen MR) is 115 cm³/mol. The first kappa shape index (κ1) is 24.1. The number of urea groups is 1. The molecule has 0 spiro atoms. The van der Waals surface area contributed by atoms with Crippen molar-refractivity contribution in [1.29, 1.82) is 0 Å². The second-order valence-electron chi connectivity index (χ2n) is 8.87. The van der Waals surface area contributed by atoms with E-state index >= 15 is 0 Å². The Hall–Kier alpha value is -3.17. The summed E-state index contributed by atoms with van der Waals surface area (Å²) in [5.74, 6) is -1.12. The second-order valence-corrected chi connectivity index (χ2v) is 8.87. The van der Waals surface area contributed by atoms with Crippen molar-refractivity contribution in [3.05, 3.63) is 33.9 Å². The van der Waals surface area contributed by atoms with Gasteiger partial charge in [-0.05, 0) is 58.6 Å². The van der Waals surface area contributed by atoms with E-state index in [0.29, 0.717) is 24.7 Å². The standard InChI is InChI=1S/C21H30N4O6/c1-13-8-10-24(11-9-13)16-7-6-15(12-17(16)25(29)30)19(27)31-14(2)18(26)22-20(28)23-21(3,4)5/h6-7,12-14H,8-11H2,1-5H3,(H2,22,23,26,28). The average molecular weight is 434 g/mol. The van der Waals surface area contributed by atoms with Gasteiger partial charge in [0.1, 0.15) is 5.69 Å². The molecule has 0 radical (unpaired) electrons. The zero-order chi connectivity index (χ0) is 23.3. The predicted octanol–water partition coefficient (Wildman–Crippen LogP) is 3.00. The first-order valence-electron chi connectivity index (χ1n) is 10.2. The van der Waals surface area contributed by atoms with E-state index in [1.807, 2.05) is 4.90 Å². The van der Waals surface area contributed by atoms with Crippen LogP contribution in [0.3, 0.4) is 0 Å². The maximum atomic E-state index is 12.4. The van der Waals surface area contributed by atoms with Crippen molar-refractivity contribution in [3.8, 4) is 0 Å². The van der Waals surface area contributed by atoms with Crippen LogP contribution in [0.2, 0.25) is 0 Å². The summed E-state index contributed by atoms with van der Waals surface area (Å²) in [6.45, 7) is 10.1. The molecule has 1 aromatic carbocycles. The van der Waals surface area contributed by atoms with Crippen LogP contribution in [0.25, 0.3) is 0 Å². The summed E-state index contributed by atoms with van der Waals surface area (Å²) in [5.41, 5.74) is -0.319. The number of imide groups is 1. The number of benzene rings is 1. The summed E-state index contributed by atoms with van der Waals surface area (Å²) in [4.78, 5) is 49.3. The monoisotopic (exact) mass is 434 g/mol. The van der Waals surface area contributed by atoms with Crippen LogP contribution in [0.15, 0.2) is 18.2 Å². The number of rotatable bonds is 5. The maximum Gasteiger partial charge on any atom is 0.339 e. The van der Waals surface area contributed by atoms with E-state index in [4.69, 9.17) is 4.74 Å². The van der Waals surface area contributed by atoms with E-state index in [-0.39, 0.29) is 11.3 Å². The van der Waals surface area contributed by atoms with Gasteiger partial charge < -0.3 is 15.0 Å². The normalized spacial score (nSPS) is 15.7. The number of nitro benzene ring substituents is 1. The smallest absolute Gasteiger partial charge is 0.339 e. The van der Waals surface area contributed by atoms with Gasteiger partial charge in [0.25, 0.3) is 11.6 Å². The number of hydrogen-bond donors (Lipinski definition) is 2. The average Bonchev–Trinajstić information content (AvgIpc) is 2.66. The SMILES string of the molecule is CC1CCN(c2ccc(C(=O)OC(C)C(=O)NC(=O)NC(C)(C)C)cc2[N+](=O)[O-])CC1. The van der Waals surface area contributed by atoms with Crippen molar-refractivity contribution < 1.29 is 24.0 Å². The summed E-state index contributed by atoms with van der Waals surface area (Å²) >= 11 is 0. The summed E-state index contributed by atoms with van der Waals surface area (Å²) in [7, 11) is 0. The number of nitrogens with zero attached hydrogens (tertiary/aromatic N) is 2. The third-order valence-electron chi connectivity index (χ3n) is 4.91. The molecule has 10 heteroatoms. The van der Waals surface area contributed by atoms with E-state index in [2.05, 4.69) is 17.6 Å². The maximum absolute atomic E-state index is 12.4. The highest BCUT2D eigenvalue weighted by Crippen LogP contribution is 2.32. The number of anilines is 1. The highest BCUT2D eigenvalue weighted by atomic mass is 16.6. The Morgan fingerprint density at radius 2 is 1.84 bits per heavy atom. The Kier molecular flexibility index (Phi) is 7.59. The highest BCUT2D eigenvalue weighted by Gasteiger charge is 2.27. The van der Waals surface area contributed by atoms with Gasteiger partial charge in [-0.1, -0.05) is 6.92 Å². The Bertz CT molecular complexity index is 856. The lowest BCUT2D eigenvalue weighted by Crippen LogP contribution is -2.50. The number of ether oxygens (including phenoxy) is 1. The molecule has 0 aliphatic carbocycles. The summed E-state index contributed by atoms with van der Waals surface area (Å²) < 4.78 is 5.10. The first-order valence-corrected chi connectivity index (χ1v) is 10.2. The zero-order valence-electron chi connectivity index (χ0n) is 18.6. The Balaban J connectivity index is 2.07. The highest BCUT2D eigenvalue weighted by molar-refractivity contribution is 5.99. The summed E-state index contributed by atoms with van der Waals surface area (Å²) in [6, 6.07) is 3.43. The van der Waals surface area contributed by atoms with Gasteiger partial charge in [0.2, 0.25) is 0 Å². The fraction of sp³-hybridized carbons (Fsp3) is 0.571. The molecule has 3 amide bonds. The van der Waals surface area contributed by atoms with Crippen LogP contribution >= 0.6 is 0 Å². The molecule has 170 valence electrons. The molecular formula is C21H30N4O6. The largest absolute Gasteiger partial charge is 0.449 e. The van der Waals surface area contributed by atoms with Gasteiger partial charge in [0.05, 0.1) is 10.5 Å². The fourth-order valence-corrected chi connectivity index (χ4v) is 3.18. The van der Waals surface area contributed by atoms with Crippen molar-refractivity contribution in [2.75, 3.05) is 18.0 Å². The molecule has 2 rings (SSSR count). The third-order valence-corrected chi connectivity index (χ3v) is 4.91. The van der Waals surface area contributed by atoms with Crippen LogP contribution in [0.1, 0.15) is 57.8 Å². The second kappa shape index (κ2) is 9.76. The third kappa shape index (κ3) is 6.94. The van der Waals surface area contributed by atoms with E-state index in [0.717, 1.165) is 18.9 Å². The number of esters is 1. The number of carbonyl (C=O) groups excluding carboxylic acids is 3. The minimum atomic E-state index is -1.26. The first-order chi connectivity index (χ1) is 14.4. The lowest BCUT2D eigenvalue weighted by Gasteiger charge is -2.31. The molecule has 1 aromatic rings. The Labute approximate surface area is 181 Å². The number of nitro groups is 1. The van der Waals surface area contributed by atoms with Gasteiger partial charge in [-0.3, -0.25) is 20.2 Å². The minimum Gasteiger partial charge on any atom is -0.449 e. The van der Waals surface area contributed by atoms with Gasteiger partial charge in [-0.25, -0.2) is 9.59 Å². The molecule has 0 saturated carbocycles. The molecule has 10 nitrogen and oxygen atoms in total. The van der Waals surface area contributed by atoms with Crippen LogP contribution in [0.5, 0.6) is 0 Å². The number of hydrogen-bond acceptors (Lipinski definition) is 7. The van der Waals surface area contributed by atoms with E-state index in [1.165, 1.54) is 19.1 Å². The quantitative estimate of drug-likeness (QED) is 0.414. The summed E-state index contributed by atoms with van der Waals surface area (Å²) in [6.07, 6.45) is 0.618. The van der Waals surface area contributed by atoms with Crippen molar-refractivity contribution >= 4 is 29.3 Å². The number of piperidine rings is 1. The molecule has 0 bridgehead atoms. The fourth-order valence-electron chi connectivity index (χ4n) is 3.18. The van der Waals surface area contributed by atoms with Crippen LogP contribution in [-0.4, -0.2) is 47.6 Å².